The number of halogens is 2. The molecule has 0 aliphatic heterocycles. The third kappa shape index (κ3) is 9.74. The van der Waals surface area contributed by atoms with Crippen molar-refractivity contribution >= 4 is 58.9 Å². The van der Waals surface area contributed by atoms with E-state index < -0.39 is 0 Å². The molecule has 3 N–H and O–H groups in total. The molecule has 1 aromatic carbocycles. The quantitative estimate of drug-likeness (QED) is 0.141. The number of guanidine groups is 1. The van der Waals surface area contributed by atoms with Crippen LogP contribution in [0.4, 0.5) is 4.39 Å². The minimum absolute atomic E-state index is 0. The molecule has 0 radical (unpaired) electrons. The molecule has 0 saturated heterocycles. The van der Waals surface area contributed by atoms with Crippen LogP contribution in [0.25, 0.3) is 0 Å². The second-order valence-electron chi connectivity index (χ2n) is 5.67. The van der Waals surface area contributed by atoms with Gasteiger partial charge in [-0.2, -0.15) is 0 Å². The first-order valence-corrected chi connectivity index (χ1v) is 10.7. The third-order valence-electron chi connectivity index (χ3n) is 3.60. The van der Waals surface area contributed by atoms with Crippen LogP contribution in [0.15, 0.2) is 51.7 Å². The molecule has 0 fully saturated rings. The van der Waals surface area contributed by atoms with Gasteiger partial charge < -0.3 is 16.0 Å². The van der Waals surface area contributed by atoms with Gasteiger partial charge in [0.1, 0.15) is 5.82 Å². The highest BCUT2D eigenvalue weighted by Crippen LogP contribution is 2.18. The number of benzene rings is 1. The normalized spacial score (nSPS) is 10.9. The van der Waals surface area contributed by atoms with E-state index in [2.05, 4.69) is 20.9 Å². The summed E-state index contributed by atoms with van der Waals surface area (Å²) in [5.41, 5.74) is 0. The fourth-order valence-corrected chi connectivity index (χ4v) is 3.71. The van der Waals surface area contributed by atoms with E-state index in [1.54, 1.807) is 30.9 Å². The van der Waals surface area contributed by atoms with E-state index >= 15 is 0 Å². The van der Waals surface area contributed by atoms with Gasteiger partial charge in [0, 0.05) is 31.6 Å². The highest BCUT2D eigenvalue weighted by molar-refractivity contribution is 14.0. The molecule has 0 aliphatic rings. The monoisotopic (exact) mass is 536 g/mol. The Bertz CT molecular complexity index is 711. The molecule has 0 saturated carbocycles. The fraction of sp³-hybridized carbons (Fsp3) is 0.368. The van der Waals surface area contributed by atoms with Crippen molar-refractivity contribution in [3.8, 4) is 0 Å². The molecule has 0 bridgehead atoms. The van der Waals surface area contributed by atoms with E-state index in [1.807, 2.05) is 17.5 Å². The molecule has 1 amide bonds. The molecule has 5 nitrogen and oxygen atoms in total. The third-order valence-corrected chi connectivity index (χ3v) is 5.56. The van der Waals surface area contributed by atoms with E-state index in [9.17, 15) is 9.18 Å². The Kier molecular flexibility index (Phi) is 12.9. The minimum atomic E-state index is -0.207. The van der Waals surface area contributed by atoms with Crippen molar-refractivity contribution in [2.24, 2.45) is 4.99 Å². The molecule has 1 aromatic heterocycles. The molecule has 0 atom stereocenters. The van der Waals surface area contributed by atoms with E-state index in [0.29, 0.717) is 6.54 Å². The van der Waals surface area contributed by atoms with Gasteiger partial charge in [-0.3, -0.25) is 9.79 Å². The Morgan fingerprint density at radius 1 is 1.07 bits per heavy atom. The van der Waals surface area contributed by atoms with Crippen LogP contribution in [-0.4, -0.2) is 44.3 Å². The first kappa shape index (κ1) is 24.7. The Balaban J connectivity index is 0.00000392. The van der Waals surface area contributed by atoms with Crippen LogP contribution in [0.5, 0.6) is 0 Å². The van der Waals surface area contributed by atoms with Gasteiger partial charge >= 0.3 is 0 Å². The SMILES string of the molecule is CN=C(NCCCNC(=O)c1cccs1)NCCCSc1ccc(F)cc1.I. The van der Waals surface area contributed by atoms with Crippen LogP contribution in [0.3, 0.4) is 0 Å². The maximum absolute atomic E-state index is 12.9. The molecule has 154 valence electrons. The van der Waals surface area contributed by atoms with Crippen LogP contribution in [0, 0.1) is 5.82 Å². The molecule has 0 spiro atoms. The largest absolute Gasteiger partial charge is 0.356 e. The number of nitrogens with zero attached hydrogens (tertiary/aromatic N) is 1. The summed E-state index contributed by atoms with van der Waals surface area (Å²) in [5.74, 6) is 1.48. The minimum Gasteiger partial charge on any atom is -0.356 e. The molecule has 28 heavy (non-hydrogen) atoms. The second-order valence-corrected chi connectivity index (χ2v) is 7.78. The summed E-state index contributed by atoms with van der Waals surface area (Å²) in [5, 5.41) is 11.3. The predicted molar refractivity (Wildman–Crippen MR) is 128 cm³/mol. The average molecular weight is 536 g/mol. The zero-order valence-electron chi connectivity index (χ0n) is 15.7. The Hall–Kier alpha value is -1.33. The molecule has 2 rings (SSSR count). The number of carbonyl (C=O) groups is 1. The van der Waals surface area contributed by atoms with Crippen molar-refractivity contribution in [1.29, 1.82) is 0 Å². The number of amides is 1. The van der Waals surface area contributed by atoms with Gasteiger partial charge in [0.25, 0.3) is 5.91 Å². The Morgan fingerprint density at radius 2 is 1.75 bits per heavy atom. The standard InChI is InChI=1S/C19H25FN4OS2.HI/c1-21-19(23-11-3-10-22-18(25)17-5-2-13-27-17)24-12-4-14-26-16-8-6-15(20)7-9-16;/h2,5-9,13H,3-4,10-12,14H2,1H3,(H,22,25)(H2,21,23,24);1H. The van der Waals surface area contributed by atoms with Crippen molar-refractivity contribution in [1.82, 2.24) is 16.0 Å². The number of carbonyl (C=O) groups excluding carboxylic acids is 1. The summed E-state index contributed by atoms with van der Waals surface area (Å²) in [4.78, 5) is 17.8. The zero-order valence-corrected chi connectivity index (χ0v) is 19.7. The molecular formula is C19H26FIN4OS2. The Morgan fingerprint density at radius 3 is 2.39 bits per heavy atom. The predicted octanol–water partition coefficient (Wildman–Crippen LogP) is 3.97. The lowest BCUT2D eigenvalue weighted by Gasteiger charge is -2.12. The van der Waals surface area contributed by atoms with Crippen LogP contribution in [-0.2, 0) is 0 Å². The summed E-state index contributed by atoms with van der Waals surface area (Å²) in [7, 11) is 1.74. The molecule has 2 aromatic rings. The van der Waals surface area contributed by atoms with Gasteiger partial charge in [-0.15, -0.1) is 47.1 Å². The van der Waals surface area contributed by atoms with Gasteiger partial charge in [-0.1, -0.05) is 6.07 Å². The molecular weight excluding hydrogens is 510 g/mol. The highest BCUT2D eigenvalue weighted by atomic mass is 127. The molecule has 1 heterocycles. The van der Waals surface area contributed by atoms with Crippen molar-refractivity contribution in [2.45, 2.75) is 17.7 Å². The maximum atomic E-state index is 12.9. The van der Waals surface area contributed by atoms with E-state index in [1.165, 1.54) is 23.5 Å². The zero-order chi connectivity index (χ0) is 19.3. The number of hydrogen-bond donors (Lipinski definition) is 3. The van der Waals surface area contributed by atoms with Gasteiger partial charge in [-0.05, 0) is 54.3 Å². The lowest BCUT2D eigenvalue weighted by molar-refractivity contribution is 0.0957. The van der Waals surface area contributed by atoms with Crippen molar-refractivity contribution in [2.75, 3.05) is 32.4 Å². The van der Waals surface area contributed by atoms with E-state index in [4.69, 9.17) is 0 Å². The lowest BCUT2D eigenvalue weighted by atomic mass is 10.4. The summed E-state index contributed by atoms with van der Waals surface area (Å²) < 4.78 is 12.9. The fourth-order valence-electron chi connectivity index (χ4n) is 2.21. The molecule has 0 aliphatic carbocycles. The number of thiophene rings is 1. The van der Waals surface area contributed by atoms with Crippen molar-refractivity contribution in [3.63, 3.8) is 0 Å². The number of hydrogen-bond acceptors (Lipinski definition) is 4. The summed E-state index contributed by atoms with van der Waals surface area (Å²) in [6.45, 7) is 2.16. The van der Waals surface area contributed by atoms with Crippen molar-refractivity contribution < 1.29 is 9.18 Å². The van der Waals surface area contributed by atoms with Gasteiger partial charge in [0.05, 0.1) is 4.88 Å². The molecule has 0 unspecified atom stereocenters. The van der Waals surface area contributed by atoms with Crippen LogP contribution >= 0.6 is 47.1 Å². The van der Waals surface area contributed by atoms with E-state index in [-0.39, 0.29) is 35.7 Å². The first-order valence-electron chi connectivity index (χ1n) is 8.83. The smallest absolute Gasteiger partial charge is 0.261 e. The van der Waals surface area contributed by atoms with Gasteiger partial charge in [0.2, 0.25) is 0 Å². The summed E-state index contributed by atoms with van der Waals surface area (Å²) in [6.07, 6.45) is 1.79. The maximum Gasteiger partial charge on any atom is 0.261 e. The number of aliphatic imine (C=N–C) groups is 1. The lowest BCUT2D eigenvalue weighted by Crippen LogP contribution is -2.39. The molecule has 9 heteroatoms. The number of nitrogens with one attached hydrogen (secondary N) is 3. The number of rotatable bonds is 10. The topological polar surface area (TPSA) is 65.5 Å². The van der Waals surface area contributed by atoms with Crippen molar-refractivity contribution in [3.05, 3.63) is 52.5 Å². The van der Waals surface area contributed by atoms with E-state index in [0.717, 1.165) is 47.4 Å². The summed E-state index contributed by atoms with van der Waals surface area (Å²) in [6, 6.07) is 10.2. The van der Waals surface area contributed by atoms with Crippen LogP contribution < -0.4 is 16.0 Å². The Labute approximate surface area is 191 Å². The second kappa shape index (κ2) is 14.6. The average Bonchev–Trinajstić information content (AvgIpc) is 3.22. The van der Waals surface area contributed by atoms with Gasteiger partial charge in [0.15, 0.2) is 5.96 Å². The highest BCUT2D eigenvalue weighted by Gasteiger charge is 2.04. The van der Waals surface area contributed by atoms with Crippen LogP contribution in [0.1, 0.15) is 22.5 Å². The first-order chi connectivity index (χ1) is 13.2. The number of thioether (sulfide) groups is 1. The summed E-state index contributed by atoms with van der Waals surface area (Å²) >= 11 is 3.15. The van der Waals surface area contributed by atoms with Crippen LogP contribution in [0.2, 0.25) is 0 Å². The van der Waals surface area contributed by atoms with Gasteiger partial charge in [-0.25, -0.2) is 4.39 Å².